The maximum Gasteiger partial charge on any atom is 0.0626 e. The highest BCUT2D eigenvalue weighted by Gasteiger charge is 2.21. The van der Waals surface area contributed by atoms with Crippen molar-refractivity contribution in [2.75, 3.05) is 0 Å². The van der Waals surface area contributed by atoms with Gasteiger partial charge >= 0.3 is 0 Å². The average molecular weight is 476 g/mol. The number of para-hydroxylation sites is 1. The topological polar surface area (TPSA) is 4.93 Å². The molecule has 0 aliphatic carbocycles. The molecule has 8 aromatic rings. The van der Waals surface area contributed by atoms with Crippen LogP contribution in [0.4, 0.5) is 0 Å². The van der Waals surface area contributed by atoms with Crippen LogP contribution < -0.4 is 0 Å². The summed E-state index contributed by atoms with van der Waals surface area (Å²) in [5.74, 6) is 0. The molecule has 36 heavy (non-hydrogen) atoms. The lowest BCUT2D eigenvalue weighted by Gasteiger charge is -2.11. The molecule has 168 valence electrons. The molecule has 2 aromatic heterocycles. The molecule has 0 radical (unpaired) electrons. The van der Waals surface area contributed by atoms with Gasteiger partial charge in [-0.3, -0.25) is 0 Å². The van der Waals surface area contributed by atoms with Gasteiger partial charge in [-0.25, -0.2) is 0 Å². The third-order valence-corrected chi connectivity index (χ3v) is 8.57. The molecule has 2 heterocycles. The van der Waals surface area contributed by atoms with Gasteiger partial charge in [0.2, 0.25) is 0 Å². The molecular formula is C34H21NS. The first kappa shape index (κ1) is 19.9. The van der Waals surface area contributed by atoms with Gasteiger partial charge in [0.25, 0.3) is 0 Å². The van der Waals surface area contributed by atoms with Gasteiger partial charge in [-0.1, -0.05) is 103 Å². The van der Waals surface area contributed by atoms with Crippen LogP contribution in [0.1, 0.15) is 0 Å². The van der Waals surface area contributed by atoms with Crippen molar-refractivity contribution in [1.82, 2.24) is 4.57 Å². The van der Waals surface area contributed by atoms with E-state index in [1.165, 1.54) is 69.6 Å². The molecule has 1 nitrogen and oxygen atoms in total. The molecule has 0 atom stereocenters. The first-order chi connectivity index (χ1) is 17.9. The summed E-state index contributed by atoms with van der Waals surface area (Å²) >= 11 is 1.91. The van der Waals surface area contributed by atoms with Crippen molar-refractivity contribution in [2.45, 2.75) is 0 Å². The lowest BCUT2D eigenvalue weighted by molar-refractivity contribution is 1.19. The van der Waals surface area contributed by atoms with Gasteiger partial charge in [-0.05, 0) is 35.4 Å². The highest BCUT2D eigenvalue weighted by Crippen LogP contribution is 2.48. The average Bonchev–Trinajstić information content (AvgIpc) is 3.50. The quantitative estimate of drug-likeness (QED) is 0.234. The van der Waals surface area contributed by atoms with Gasteiger partial charge in [0.1, 0.15) is 0 Å². The molecule has 0 amide bonds. The molecular weight excluding hydrogens is 454 g/mol. The van der Waals surface area contributed by atoms with Gasteiger partial charge in [0.05, 0.1) is 11.0 Å². The van der Waals surface area contributed by atoms with E-state index in [2.05, 4.69) is 132 Å². The highest BCUT2D eigenvalue weighted by molar-refractivity contribution is 7.27. The van der Waals surface area contributed by atoms with Crippen LogP contribution in [-0.4, -0.2) is 4.57 Å². The second-order valence-electron chi connectivity index (χ2n) is 9.34. The first-order valence-electron chi connectivity index (χ1n) is 12.3. The van der Waals surface area contributed by atoms with E-state index in [1.807, 2.05) is 11.3 Å². The summed E-state index contributed by atoms with van der Waals surface area (Å²) in [6.45, 7) is 0. The van der Waals surface area contributed by atoms with E-state index in [1.54, 1.807) is 0 Å². The molecule has 0 spiro atoms. The zero-order valence-corrected chi connectivity index (χ0v) is 20.3. The first-order valence-corrected chi connectivity index (χ1v) is 13.1. The Labute approximate surface area is 212 Å². The summed E-state index contributed by atoms with van der Waals surface area (Å²) < 4.78 is 5.19. The fourth-order valence-electron chi connectivity index (χ4n) is 5.82. The van der Waals surface area contributed by atoms with E-state index in [4.69, 9.17) is 0 Å². The predicted molar refractivity (Wildman–Crippen MR) is 157 cm³/mol. The number of benzene rings is 6. The summed E-state index contributed by atoms with van der Waals surface area (Å²) in [4.78, 5) is 0. The number of aromatic nitrogens is 1. The Hall–Kier alpha value is -4.40. The fraction of sp³-hybridized carbons (Fsp3) is 0. The van der Waals surface area contributed by atoms with Gasteiger partial charge < -0.3 is 4.57 Å². The number of hydrogen-bond donors (Lipinski definition) is 0. The SMILES string of the molecule is c1ccc(-c2ccc3c4c5c6ccccc6sc5c5ccccc5c4n(-c4ccccc4)c3c2)cc1. The van der Waals surface area contributed by atoms with Crippen molar-refractivity contribution in [1.29, 1.82) is 0 Å². The van der Waals surface area contributed by atoms with E-state index in [9.17, 15) is 0 Å². The smallest absolute Gasteiger partial charge is 0.0626 e. The van der Waals surface area contributed by atoms with E-state index in [0.717, 1.165) is 0 Å². The molecule has 0 fully saturated rings. The van der Waals surface area contributed by atoms with Crippen LogP contribution in [0.2, 0.25) is 0 Å². The number of nitrogens with zero attached hydrogens (tertiary/aromatic N) is 1. The van der Waals surface area contributed by atoms with Gasteiger partial charge in [-0.15, -0.1) is 11.3 Å². The number of rotatable bonds is 2. The van der Waals surface area contributed by atoms with Crippen molar-refractivity contribution < 1.29 is 0 Å². The van der Waals surface area contributed by atoms with E-state index in [-0.39, 0.29) is 0 Å². The Kier molecular flexibility index (Phi) is 4.16. The Morgan fingerprint density at radius 2 is 1.14 bits per heavy atom. The monoisotopic (exact) mass is 475 g/mol. The van der Waals surface area contributed by atoms with Gasteiger partial charge in [0, 0.05) is 47.4 Å². The zero-order valence-electron chi connectivity index (χ0n) is 19.5. The Morgan fingerprint density at radius 3 is 1.94 bits per heavy atom. The van der Waals surface area contributed by atoms with Gasteiger partial charge in [-0.2, -0.15) is 0 Å². The molecule has 0 saturated heterocycles. The molecule has 6 aromatic carbocycles. The van der Waals surface area contributed by atoms with Crippen molar-refractivity contribution >= 4 is 64.1 Å². The fourth-order valence-corrected chi connectivity index (χ4v) is 7.07. The summed E-state index contributed by atoms with van der Waals surface area (Å²) in [6, 6.07) is 46.2. The summed E-state index contributed by atoms with van der Waals surface area (Å²) in [6.07, 6.45) is 0. The van der Waals surface area contributed by atoms with Crippen molar-refractivity contribution in [3.8, 4) is 16.8 Å². The minimum atomic E-state index is 1.19. The lowest BCUT2D eigenvalue weighted by Crippen LogP contribution is -1.94. The lowest BCUT2D eigenvalue weighted by atomic mass is 9.98. The zero-order chi connectivity index (χ0) is 23.6. The standard InChI is InChI=1S/C34H21NS/c1-3-11-22(12-4-1)23-19-20-27-29(21-23)35(24-13-5-2-6-14-24)33-25-15-7-8-16-26(25)34-32(31(27)33)28-17-9-10-18-30(28)36-34/h1-21H. The maximum absolute atomic E-state index is 2.48. The van der Waals surface area contributed by atoms with Gasteiger partial charge in [0.15, 0.2) is 0 Å². The normalized spacial score (nSPS) is 11.9. The molecule has 0 unspecified atom stereocenters. The van der Waals surface area contributed by atoms with Crippen molar-refractivity contribution in [2.24, 2.45) is 0 Å². The third-order valence-electron chi connectivity index (χ3n) is 7.36. The number of thiophene rings is 1. The number of fused-ring (bicyclic) bond motifs is 10. The van der Waals surface area contributed by atoms with E-state index < -0.39 is 0 Å². The van der Waals surface area contributed by atoms with Crippen LogP contribution in [0, 0.1) is 0 Å². The summed E-state index contributed by atoms with van der Waals surface area (Å²) in [5, 5.41) is 7.98. The molecule has 8 rings (SSSR count). The third kappa shape index (κ3) is 2.71. The van der Waals surface area contributed by atoms with Crippen LogP contribution in [0.3, 0.4) is 0 Å². The van der Waals surface area contributed by atoms with Crippen LogP contribution in [-0.2, 0) is 0 Å². The second-order valence-corrected chi connectivity index (χ2v) is 10.4. The summed E-state index contributed by atoms with van der Waals surface area (Å²) in [7, 11) is 0. The van der Waals surface area contributed by atoms with Crippen LogP contribution in [0.5, 0.6) is 0 Å². The van der Waals surface area contributed by atoms with Crippen LogP contribution in [0.25, 0.3) is 69.6 Å². The van der Waals surface area contributed by atoms with Crippen LogP contribution in [0.15, 0.2) is 127 Å². The van der Waals surface area contributed by atoms with E-state index in [0.29, 0.717) is 0 Å². The molecule has 0 aliphatic heterocycles. The van der Waals surface area contributed by atoms with Crippen molar-refractivity contribution in [3.63, 3.8) is 0 Å². The maximum atomic E-state index is 2.48. The Bertz CT molecular complexity index is 2080. The predicted octanol–water partition coefficient (Wildman–Crippen LogP) is 9.97. The Balaban J connectivity index is 1.67. The van der Waals surface area contributed by atoms with E-state index >= 15 is 0 Å². The molecule has 2 heteroatoms. The summed E-state index contributed by atoms with van der Waals surface area (Å²) in [5.41, 5.74) is 6.18. The second kappa shape index (κ2) is 7.55. The highest BCUT2D eigenvalue weighted by atomic mass is 32.1. The van der Waals surface area contributed by atoms with Crippen LogP contribution >= 0.6 is 11.3 Å². The molecule has 0 bridgehead atoms. The molecule has 0 aliphatic rings. The number of hydrogen-bond acceptors (Lipinski definition) is 1. The largest absolute Gasteiger partial charge is 0.309 e. The Morgan fingerprint density at radius 1 is 0.472 bits per heavy atom. The molecule has 0 N–H and O–H groups in total. The van der Waals surface area contributed by atoms with Crippen molar-refractivity contribution in [3.05, 3.63) is 127 Å². The molecule has 0 saturated carbocycles. The minimum Gasteiger partial charge on any atom is -0.309 e. The minimum absolute atomic E-state index is 1.19.